The maximum absolute atomic E-state index is 11.0. The number of nitro benzene ring substituents is 1. The predicted molar refractivity (Wildman–Crippen MR) is 81.1 cm³/mol. The van der Waals surface area contributed by atoms with Crippen molar-refractivity contribution in [3.05, 3.63) is 69.3 Å². The van der Waals surface area contributed by atoms with Crippen LogP contribution in [0.25, 0.3) is 0 Å². The third-order valence-electron chi connectivity index (χ3n) is 3.44. The summed E-state index contributed by atoms with van der Waals surface area (Å²) in [5.41, 5.74) is 3.20. The molecule has 0 heterocycles. The fourth-order valence-corrected chi connectivity index (χ4v) is 2.20. The van der Waals surface area contributed by atoms with Crippen molar-refractivity contribution in [2.24, 2.45) is 0 Å². The highest BCUT2D eigenvalue weighted by atomic mass is 16.6. The van der Waals surface area contributed by atoms with Crippen LogP contribution in [-0.2, 0) is 6.54 Å². The van der Waals surface area contributed by atoms with E-state index in [0.717, 1.165) is 11.3 Å². The van der Waals surface area contributed by atoms with E-state index in [4.69, 9.17) is 5.26 Å². The molecule has 0 radical (unpaired) electrons. The van der Waals surface area contributed by atoms with Crippen molar-refractivity contribution < 1.29 is 4.92 Å². The SMILES string of the molecule is Cc1c(CN(C)c2cccc(C#N)c2)cccc1[N+](=O)[O-]. The molecule has 0 saturated heterocycles. The molecule has 5 heteroatoms. The molecular weight excluding hydrogens is 266 g/mol. The zero-order valence-corrected chi connectivity index (χ0v) is 11.9. The Hall–Kier alpha value is -2.87. The van der Waals surface area contributed by atoms with Gasteiger partial charge in [-0.3, -0.25) is 10.1 Å². The minimum atomic E-state index is -0.366. The number of nitrogens with zero attached hydrogens (tertiary/aromatic N) is 3. The molecule has 2 aromatic rings. The van der Waals surface area contributed by atoms with Crippen LogP contribution in [-0.4, -0.2) is 12.0 Å². The predicted octanol–water partition coefficient (Wildman–Crippen LogP) is 3.41. The van der Waals surface area contributed by atoms with E-state index in [0.29, 0.717) is 17.7 Å². The summed E-state index contributed by atoms with van der Waals surface area (Å²) in [5, 5.41) is 19.9. The van der Waals surface area contributed by atoms with Crippen molar-refractivity contribution >= 4 is 11.4 Å². The van der Waals surface area contributed by atoms with Gasteiger partial charge in [0.1, 0.15) is 0 Å². The van der Waals surface area contributed by atoms with Gasteiger partial charge in [0.15, 0.2) is 0 Å². The van der Waals surface area contributed by atoms with Crippen LogP contribution in [0.5, 0.6) is 0 Å². The average Bonchev–Trinajstić information content (AvgIpc) is 2.49. The first kappa shape index (κ1) is 14.5. The lowest BCUT2D eigenvalue weighted by Crippen LogP contribution is -2.17. The normalized spacial score (nSPS) is 9.95. The van der Waals surface area contributed by atoms with Gasteiger partial charge in [0, 0.05) is 30.9 Å². The van der Waals surface area contributed by atoms with Gasteiger partial charge < -0.3 is 4.90 Å². The molecule has 0 aromatic heterocycles. The van der Waals surface area contributed by atoms with E-state index < -0.39 is 0 Å². The topological polar surface area (TPSA) is 70.2 Å². The van der Waals surface area contributed by atoms with Crippen LogP contribution < -0.4 is 4.90 Å². The zero-order chi connectivity index (χ0) is 15.4. The first-order chi connectivity index (χ1) is 10.0. The molecular formula is C16H15N3O2. The first-order valence-electron chi connectivity index (χ1n) is 6.47. The van der Waals surface area contributed by atoms with Crippen molar-refractivity contribution in [3.63, 3.8) is 0 Å². The molecule has 0 atom stereocenters. The summed E-state index contributed by atoms with van der Waals surface area (Å²) in [5.74, 6) is 0. The second kappa shape index (κ2) is 6.06. The molecule has 0 fully saturated rings. The maximum atomic E-state index is 11.0. The van der Waals surface area contributed by atoms with E-state index in [1.165, 1.54) is 6.07 Å². The second-order valence-electron chi connectivity index (χ2n) is 4.84. The first-order valence-corrected chi connectivity index (χ1v) is 6.47. The second-order valence-corrected chi connectivity index (χ2v) is 4.84. The highest BCUT2D eigenvalue weighted by molar-refractivity contribution is 5.53. The Morgan fingerprint density at radius 1 is 1.29 bits per heavy atom. The van der Waals surface area contributed by atoms with E-state index in [9.17, 15) is 10.1 Å². The molecule has 0 N–H and O–H groups in total. The molecule has 2 aromatic carbocycles. The Balaban J connectivity index is 2.27. The van der Waals surface area contributed by atoms with E-state index in [1.54, 1.807) is 25.1 Å². The zero-order valence-electron chi connectivity index (χ0n) is 11.9. The van der Waals surface area contributed by atoms with E-state index in [2.05, 4.69) is 6.07 Å². The maximum Gasteiger partial charge on any atom is 0.272 e. The van der Waals surface area contributed by atoms with Crippen molar-refractivity contribution in [3.8, 4) is 6.07 Å². The van der Waals surface area contributed by atoms with Gasteiger partial charge in [-0.05, 0) is 30.7 Å². The molecule has 0 amide bonds. The van der Waals surface area contributed by atoms with Gasteiger partial charge >= 0.3 is 0 Å². The van der Waals surface area contributed by atoms with Gasteiger partial charge in [0.25, 0.3) is 5.69 Å². The Labute approximate surface area is 123 Å². The Bertz CT molecular complexity index is 720. The lowest BCUT2D eigenvalue weighted by atomic mass is 10.1. The van der Waals surface area contributed by atoms with Crippen LogP contribution in [0.2, 0.25) is 0 Å². The minimum absolute atomic E-state index is 0.131. The monoisotopic (exact) mass is 281 g/mol. The lowest BCUT2D eigenvalue weighted by molar-refractivity contribution is -0.385. The lowest BCUT2D eigenvalue weighted by Gasteiger charge is -2.20. The molecule has 2 rings (SSSR count). The van der Waals surface area contributed by atoms with Crippen molar-refractivity contribution in [2.75, 3.05) is 11.9 Å². The summed E-state index contributed by atoms with van der Waals surface area (Å²) in [6, 6.07) is 14.5. The van der Waals surface area contributed by atoms with Crippen molar-refractivity contribution in [1.82, 2.24) is 0 Å². The fourth-order valence-electron chi connectivity index (χ4n) is 2.20. The van der Waals surface area contributed by atoms with Crippen LogP contribution in [0.4, 0.5) is 11.4 Å². The van der Waals surface area contributed by atoms with Crippen LogP contribution >= 0.6 is 0 Å². The number of hydrogen-bond donors (Lipinski definition) is 0. The van der Waals surface area contributed by atoms with Crippen LogP contribution in [0.3, 0.4) is 0 Å². The Morgan fingerprint density at radius 2 is 2.00 bits per heavy atom. The summed E-state index contributed by atoms with van der Waals surface area (Å²) >= 11 is 0. The summed E-state index contributed by atoms with van der Waals surface area (Å²) < 4.78 is 0. The molecule has 0 saturated carbocycles. The van der Waals surface area contributed by atoms with E-state index >= 15 is 0 Å². The molecule has 0 spiro atoms. The molecule has 5 nitrogen and oxygen atoms in total. The molecule has 0 bridgehead atoms. The number of anilines is 1. The third-order valence-corrected chi connectivity index (χ3v) is 3.44. The third kappa shape index (κ3) is 3.18. The number of nitriles is 1. The van der Waals surface area contributed by atoms with Gasteiger partial charge in [0.2, 0.25) is 0 Å². The molecule has 106 valence electrons. The molecule has 0 aliphatic heterocycles. The standard InChI is InChI=1S/C16H15N3O2/c1-12-14(6-4-8-16(12)19(20)21)11-18(2)15-7-3-5-13(9-15)10-17/h3-9H,11H2,1-2H3. The number of benzene rings is 2. The molecule has 21 heavy (non-hydrogen) atoms. The van der Waals surface area contributed by atoms with Gasteiger partial charge in [-0.15, -0.1) is 0 Å². The highest BCUT2D eigenvalue weighted by Gasteiger charge is 2.14. The van der Waals surface area contributed by atoms with Crippen molar-refractivity contribution in [1.29, 1.82) is 5.26 Å². The summed E-state index contributed by atoms with van der Waals surface area (Å²) in [4.78, 5) is 12.6. The van der Waals surface area contributed by atoms with Gasteiger partial charge in [-0.25, -0.2) is 0 Å². The minimum Gasteiger partial charge on any atom is -0.370 e. The molecule has 0 aliphatic rings. The van der Waals surface area contributed by atoms with Crippen molar-refractivity contribution in [2.45, 2.75) is 13.5 Å². The van der Waals surface area contributed by atoms with Gasteiger partial charge in [-0.1, -0.05) is 18.2 Å². The van der Waals surface area contributed by atoms with Crippen LogP contribution in [0.1, 0.15) is 16.7 Å². The van der Waals surface area contributed by atoms with Gasteiger partial charge in [0.05, 0.1) is 16.6 Å². The summed E-state index contributed by atoms with van der Waals surface area (Å²) in [7, 11) is 1.90. The highest BCUT2D eigenvalue weighted by Crippen LogP contribution is 2.24. The summed E-state index contributed by atoms with van der Waals surface area (Å²) in [6.07, 6.45) is 0. The molecule has 0 unspecified atom stereocenters. The van der Waals surface area contributed by atoms with Crippen LogP contribution in [0.15, 0.2) is 42.5 Å². The fraction of sp³-hybridized carbons (Fsp3) is 0.188. The Kier molecular flexibility index (Phi) is 4.19. The number of rotatable bonds is 4. The number of nitro groups is 1. The van der Waals surface area contributed by atoms with Gasteiger partial charge in [-0.2, -0.15) is 5.26 Å². The van der Waals surface area contributed by atoms with E-state index in [1.807, 2.05) is 30.1 Å². The quantitative estimate of drug-likeness (QED) is 0.636. The smallest absolute Gasteiger partial charge is 0.272 e. The largest absolute Gasteiger partial charge is 0.370 e. The van der Waals surface area contributed by atoms with Crippen LogP contribution in [0, 0.1) is 28.4 Å². The van der Waals surface area contributed by atoms with E-state index in [-0.39, 0.29) is 10.6 Å². The molecule has 0 aliphatic carbocycles. The average molecular weight is 281 g/mol. The summed E-state index contributed by atoms with van der Waals surface area (Å²) in [6.45, 7) is 2.30. The number of hydrogen-bond acceptors (Lipinski definition) is 4. The Morgan fingerprint density at radius 3 is 2.67 bits per heavy atom.